The molecule has 0 spiro atoms. The molecule has 1 aliphatic carbocycles. The molecule has 0 atom stereocenters. The molecule has 2 rings (SSSR count). The zero-order chi connectivity index (χ0) is 10.1. The average molecular weight is 274 g/mol. The van der Waals surface area contributed by atoms with E-state index in [2.05, 4.69) is 15.9 Å². The van der Waals surface area contributed by atoms with Crippen LogP contribution in [0.2, 0.25) is 0 Å². The Kier molecular flexibility index (Phi) is 2.93. The number of nitrogens with zero attached hydrogens (tertiary/aromatic N) is 1. The zero-order valence-corrected chi connectivity index (χ0v) is 10.4. The number of carbonyl (C=O) groups is 1. The van der Waals surface area contributed by atoms with E-state index in [9.17, 15) is 4.79 Å². The summed E-state index contributed by atoms with van der Waals surface area (Å²) < 4.78 is 1.02. The molecule has 0 N–H and O–H groups in total. The SMILES string of the molecule is CN(C(=O)c1csc(Br)c1)C1CCC1. The van der Waals surface area contributed by atoms with Crippen molar-refractivity contribution in [2.75, 3.05) is 7.05 Å². The second kappa shape index (κ2) is 4.03. The van der Waals surface area contributed by atoms with Crippen molar-refractivity contribution in [2.45, 2.75) is 25.3 Å². The number of hydrogen-bond acceptors (Lipinski definition) is 2. The smallest absolute Gasteiger partial charge is 0.254 e. The van der Waals surface area contributed by atoms with Crippen molar-refractivity contribution in [3.8, 4) is 0 Å². The lowest BCUT2D eigenvalue weighted by atomic mass is 9.91. The summed E-state index contributed by atoms with van der Waals surface area (Å²) in [5.74, 6) is 0.150. The maximum absolute atomic E-state index is 11.9. The van der Waals surface area contributed by atoms with Gasteiger partial charge in [0, 0.05) is 18.5 Å². The standard InChI is InChI=1S/C10H12BrNOS/c1-12(8-3-2-4-8)10(13)7-5-9(11)14-6-7/h5-6,8H,2-4H2,1H3. The highest BCUT2D eigenvalue weighted by molar-refractivity contribution is 9.11. The number of amides is 1. The molecule has 0 unspecified atom stereocenters. The number of thiophene rings is 1. The van der Waals surface area contributed by atoms with E-state index >= 15 is 0 Å². The van der Waals surface area contributed by atoms with Gasteiger partial charge in [0.1, 0.15) is 0 Å². The van der Waals surface area contributed by atoms with Gasteiger partial charge in [-0.25, -0.2) is 0 Å². The Morgan fingerprint density at radius 3 is 2.79 bits per heavy atom. The fourth-order valence-electron chi connectivity index (χ4n) is 1.57. The van der Waals surface area contributed by atoms with Crippen LogP contribution in [0.1, 0.15) is 29.6 Å². The minimum atomic E-state index is 0.150. The van der Waals surface area contributed by atoms with E-state index in [0.29, 0.717) is 6.04 Å². The van der Waals surface area contributed by atoms with Gasteiger partial charge in [-0.3, -0.25) is 4.79 Å². The molecule has 2 nitrogen and oxygen atoms in total. The Morgan fingerprint density at radius 1 is 1.64 bits per heavy atom. The lowest BCUT2D eigenvalue weighted by Gasteiger charge is -2.34. The van der Waals surface area contributed by atoms with Crippen molar-refractivity contribution >= 4 is 33.2 Å². The van der Waals surface area contributed by atoms with Crippen LogP contribution in [0.4, 0.5) is 0 Å². The minimum Gasteiger partial charge on any atom is -0.339 e. The fourth-order valence-corrected chi connectivity index (χ4v) is 2.70. The van der Waals surface area contributed by atoms with E-state index in [4.69, 9.17) is 0 Å². The van der Waals surface area contributed by atoms with Crippen LogP contribution in [0, 0.1) is 0 Å². The lowest BCUT2D eigenvalue weighted by molar-refractivity contribution is 0.0652. The summed E-state index contributed by atoms with van der Waals surface area (Å²) >= 11 is 4.92. The van der Waals surface area contributed by atoms with Gasteiger partial charge < -0.3 is 4.90 Å². The average Bonchev–Trinajstić information content (AvgIpc) is 2.47. The van der Waals surface area contributed by atoms with Gasteiger partial charge in [0.2, 0.25) is 0 Å². The maximum Gasteiger partial charge on any atom is 0.254 e. The van der Waals surface area contributed by atoms with Gasteiger partial charge in [0.25, 0.3) is 5.91 Å². The number of carbonyl (C=O) groups excluding carboxylic acids is 1. The number of rotatable bonds is 2. The van der Waals surface area contributed by atoms with Gasteiger partial charge >= 0.3 is 0 Å². The fraction of sp³-hybridized carbons (Fsp3) is 0.500. The van der Waals surface area contributed by atoms with Crippen LogP contribution in [0.25, 0.3) is 0 Å². The van der Waals surface area contributed by atoms with E-state index in [-0.39, 0.29) is 5.91 Å². The minimum absolute atomic E-state index is 0.150. The molecule has 0 aromatic carbocycles. The van der Waals surface area contributed by atoms with Gasteiger partial charge in [0.05, 0.1) is 9.35 Å². The van der Waals surface area contributed by atoms with Gasteiger partial charge in [-0.2, -0.15) is 0 Å². The first-order valence-corrected chi connectivity index (χ1v) is 6.37. The molecule has 1 fully saturated rings. The quantitative estimate of drug-likeness (QED) is 0.811. The van der Waals surface area contributed by atoms with Crippen molar-refractivity contribution in [2.24, 2.45) is 0 Å². The summed E-state index contributed by atoms with van der Waals surface area (Å²) in [5, 5.41) is 1.90. The van der Waals surface area contributed by atoms with Crippen LogP contribution in [0.5, 0.6) is 0 Å². The van der Waals surface area contributed by atoms with Crippen LogP contribution in [0.15, 0.2) is 15.2 Å². The molecule has 14 heavy (non-hydrogen) atoms. The Morgan fingerprint density at radius 2 is 2.36 bits per heavy atom. The summed E-state index contributed by atoms with van der Waals surface area (Å²) in [6, 6.07) is 2.36. The van der Waals surface area contributed by atoms with Crippen molar-refractivity contribution in [3.63, 3.8) is 0 Å². The van der Waals surface area contributed by atoms with E-state index in [1.807, 2.05) is 23.4 Å². The third kappa shape index (κ3) is 1.86. The van der Waals surface area contributed by atoms with Crippen molar-refractivity contribution in [3.05, 3.63) is 20.8 Å². The molecule has 76 valence electrons. The molecule has 0 radical (unpaired) electrons. The van der Waals surface area contributed by atoms with Gasteiger partial charge in [-0.05, 0) is 41.3 Å². The Bertz CT molecular complexity index is 346. The Labute approximate surface area is 96.0 Å². The largest absolute Gasteiger partial charge is 0.339 e. The van der Waals surface area contributed by atoms with Crippen molar-refractivity contribution < 1.29 is 4.79 Å². The molecular weight excluding hydrogens is 262 g/mol. The van der Waals surface area contributed by atoms with E-state index in [1.165, 1.54) is 6.42 Å². The summed E-state index contributed by atoms with van der Waals surface area (Å²) in [6.45, 7) is 0. The molecule has 0 saturated heterocycles. The second-order valence-corrected chi connectivity index (χ2v) is 5.93. The summed E-state index contributed by atoms with van der Waals surface area (Å²) in [4.78, 5) is 13.8. The molecule has 1 saturated carbocycles. The topological polar surface area (TPSA) is 20.3 Å². The van der Waals surface area contributed by atoms with E-state index in [0.717, 1.165) is 22.2 Å². The van der Waals surface area contributed by atoms with Crippen LogP contribution in [-0.4, -0.2) is 23.9 Å². The Balaban J connectivity index is 2.07. The summed E-state index contributed by atoms with van der Waals surface area (Å²) in [6.07, 6.45) is 3.58. The van der Waals surface area contributed by atoms with E-state index < -0.39 is 0 Å². The third-order valence-corrected chi connectivity index (χ3v) is 4.26. The second-order valence-electron chi connectivity index (χ2n) is 3.64. The predicted molar refractivity (Wildman–Crippen MR) is 61.8 cm³/mol. The van der Waals surface area contributed by atoms with Crippen molar-refractivity contribution in [1.82, 2.24) is 4.90 Å². The lowest BCUT2D eigenvalue weighted by Crippen LogP contribution is -2.41. The van der Waals surface area contributed by atoms with Crippen molar-refractivity contribution in [1.29, 1.82) is 0 Å². The molecule has 1 aromatic heterocycles. The zero-order valence-electron chi connectivity index (χ0n) is 8.00. The third-order valence-electron chi connectivity index (χ3n) is 2.76. The molecule has 1 aliphatic rings. The normalized spacial score (nSPS) is 16.4. The first-order valence-electron chi connectivity index (χ1n) is 4.69. The number of hydrogen-bond donors (Lipinski definition) is 0. The van der Waals surface area contributed by atoms with Crippen LogP contribution >= 0.6 is 27.3 Å². The highest BCUT2D eigenvalue weighted by atomic mass is 79.9. The highest BCUT2D eigenvalue weighted by Crippen LogP contribution is 2.27. The van der Waals surface area contributed by atoms with Crippen LogP contribution < -0.4 is 0 Å². The molecular formula is C10H12BrNOS. The number of halogens is 1. The first kappa shape index (κ1) is 10.2. The molecule has 1 heterocycles. The van der Waals surface area contributed by atoms with Crippen LogP contribution in [0.3, 0.4) is 0 Å². The van der Waals surface area contributed by atoms with Crippen LogP contribution in [-0.2, 0) is 0 Å². The summed E-state index contributed by atoms with van der Waals surface area (Å²) in [5.41, 5.74) is 0.802. The van der Waals surface area contributed by atoms with E-state index in [1.54, 1.807) is 11.3 Å². The highest BCUT2D eigenvalue weighted by Gasteiger charge is 2.26. The predicted octanol–water partition coefficient (Wildman–Crippen LogP) is 3.14. The maximum atomic E-state index is 11.9. The first-order chi connectivity index (χ1) is 6.68. The van der Waals surface area contributed by atoms with Gasteiger partial charge in [0.15, 0.2) is 0 Å². The molecule has 4 heteroatoms. The molecule has 0 aliphatic heterocycles. The van der Waals surface area contributed by atoms with Gasteiger partial charge in [-0.15, -0.1) is 11.3 Å². The molecule has 1 amide bonds. The van der Waals surface area contributed by atoms with Gasteiger partial charge in [-0.1, -0.05) is 0 Å². The molecule has 1 aromatic rings. The monoisotopic (exact) mass is 273 g/mol. The molecule has 0 bridgehead atoms. The summed E-state index contributed by atoms with van der Waals surface area (Å²) in [7, 11) is 1.90. The Hall–Kier alpha value is -0.350.